The fourth-order valence-corrected chi connectivity index (χ4v) is 2.47. The Morgan fingerprint density at radius 3 is 3.00 bits per heavy atom. The van der Waals surface area contributed by atoms with E-state index in [1.54, 1.807) is 6.92 Å². The zero-order chi connectivity index (χ0) is 12.0. The molecule has 1 amide bonds. The Morgan fingerprint density at radius 2 is 2.35 bits per heavy atom. The van der Waals surface area contributed by atoms with Gasteiger partial charge in [0.2, 0.25) is 5.91 Å². The highest BCUT2D eigenvalue weighted by atomic mass is 16.2. The van der Waals surface area contributed by atoms with Crippen LogP contribution in [0.5, 0.6) is 0 Å². The Morgan fingerprint density at radius 1 is 1.59 bits per heavy atom. The molecule has 2 heterocycles. The minimum atomic E-state index is -0.415. The van der Waals surface area contributed by atoms with Crippen LogP contribution in [0.3, 0.4) is 0 Å². The van der Waals surface area contributed by atoms with Gasteiger partial charge in [-0.05, 0) is 19.8 Å². The number of rotatable bonds is 2. The van der Waals surface area contributed by atoms with Crippen molar-refractivity contribution in [1.29, 1.82) is 0 Å². The van der Waals surface area contributed by atoms with Gasteiger partial charge in [-0.2, -0.15) is 0 Å². The highest BCUT2D eigenvalue weighted by Gasteiger charge is 2.31. The maximum atomic E-state index is 11.8. The standard InChI is InChI=1S/C12H18N4O/c1-8(13)12(17)15-5-4-11-10(6-15)14-7-16(11)9-2-3-9/h7-9H,2-6,13H2,1H3/t8-/m0/s1. The van der Waals surface area contributed by atoms with E-state index in [1.807, 2.05) is 11.2 Å². The second-order valence-corrected chi connectivity index (χ2v) is 5.07. The van der Waals surface area contributed by atoms with Crippen LogP contribution in [0, 0.1) is 0 Å². The molecule has 1 saturated carbocycles. The summed E-state index contributed by atoms with van der Waals surface area (Å²) in [6.07, 6.45) is 5.38. The quantitative estimate of drug-likeness (QED) is 0.808. The first-order valence-electron chi connectivity index (χ1n) is 6.25. The lowest BCUT2D eigenvalue weighted by Crippen LogP contribution is -2.44. The van der Waals surface area contributed by atoms with Gasteiger partial charge in [-0.15, -0.1) is 0 Å². The predicted octanol–water partition coefficient (Wildman–Crippen LogP) is 0.450. The van der Waals surface area contributed by atoms with Crippen molar-refractivity contribution in [2.24, 2.45) is 5.73 Å². The summed E-state index contributed by atoms with van der Waals surface area (Å²) in [4.78, 5) is 18.1. The van der Waals surface area contributed by atoms with Crippen LogP contribution in [-0.2, 0) is 17.8 Å². The summed E-state index contributed by atoms with van der Waals surface area (Å²) >= 11 is 0. The molecule has 1 fully saturated rings. The minimum absolute atomic E-state index is 0.0246. The summed E-state index contributed by atoms with van der Waals surface area (Å²) in [7, 11) is 0. The number of carbonyl (C=O) groups is 1. The summed E-state index contributed by atoms with van der Waals surface area (Å²) < 4.78 is 2.29. The third-order valence-corrected chi connectivity index (χ3v) is 3.58. The first kappa shape index (κ1) is 10.8. The molecular weight excluding hydrogens is 216 g/mol. The van der Waals surface area contributed by atoms with Crippen molar-refractivity contribution in [3.63, 3.8) is 0 Å². The molecule has 0 bridgehead atoms. The van der Waals surface area contributed by atoms with Gasteiger partial charge in [0.1, 0.15) is 0 Å². The molecular formula is C12H18N4O. The van der Waals surface area contributed by atoms with Crippen molar-refractivity contribution in [1.82, 2.24) is 14.5 Å². The van der Waals surface area contributed by atoms with Gasteiger partial charge in [0.15, 0.2) is 0 Å². The van der Waals surface area contributed by atoms with E-state index in [-0.39, 0.29) is 5.91 Å². The molecule has 0 unspecified atom stereocenters. The molecule has 1 aliphatic heterocycles. The first-order valence-corrected chi connectivity index (χ1v) is 6.25. The number of imidazole rings is 1. The average Bonchev–Trinajstić information content (AvgIpc) is 3.07. The number of hydrogen-bond donors (Lipinski definition) is 1. The van der Waals surface area contributed by atoms with Gasteiger partial charge in [0.05, 0.1) is 24.6 Å². The van der Waals surface area contributed by atoms with Crippen molar-refractivity contribution in [2.75, 3.05) is 6.54 Å². The molecule has 1 atom stereocenters. The topological polar surface area (TPSA) is 64.2 Å². The van der Waals surface area contributed by atoms with Crippen LogP contribution in [0.1, 0.15) is 37.2 Å². The number of hydrogen-bond acceptors (Lipinski definition) is 3. The van der Waals surface area contributed by atoms with Crippen LogP contribution in [0.25, 0.3) is 0 Å². The third kappa shape index (κ3) is 1.84. The lowest BCUT2D eigenvalue weighted by molar-refractivity contribution is -0.133. The molecule has 17 heavy (non-hydrogen) atoms. The van der Waals surface area contributed by atoms with Crippen LogP contribution in [0.2, 0.25) is 0 Å². The summed E-state index contributed by atoms with van der Waals surface area (Å²) in [5.74, 6) is 0.0246. The second-order valence-electron chi connectivity index (χ2n) is 5.07. The molecule has 1 aliphatic carbocycles. The SMILES string of the molecule is C[C@H](N)C(=O)N1CCc2c(ncn2C2CC2)C1. The van der Waals surface area contributed by atoms with E-state index in [1.165, 1.54) is 18.5 Å². The van der Waals surface area contributed by atoms with Gasteiger partial charge in [-0.3, -0.25) is 4.79 Å². The van der Waals surface area contributed by atoms with Gasteiger partial charge >= 0.3 is 0 Å². The fourth-order valence-electron chi connectivity index (χ4n) is 2.47. The highest BCUT2D eigenvalue weighted by molar-refractivity contribution is 5.81. The Bertz CT molecular complexity index is 447. The zero-order valence-electron chi connectivity index (χ0n) is 10.1. The molecule has 1 aromatic rings. The van der Waals surface area contributed by atoms with Gasteiger partial charge in [0.25, 0.3) is 0 Å². The van der Waals surface area contributed by atoms with E-state index >= 15 is 0 Å². The Hall–Kier alpha value is -1.36. The number of fused-ring (bicyclic) bond motifs is 1. The van der Waals surface area contributed by atoms with E-state index in [4.69, 9.17) is 5.73 Å². The van der Waals surface area contributed by atoms with E-state index < -0.39 is 6.04 Å². The van der Waals surface area contributed by atoms with E-state index in [2.05, 4.69) is 9.55 Å². The van der Waals surface area contributed by atoms with Crippen LogP contribution in [0.15, 0.2) is 6.33 Å². The first-order chi connectivity index (χ1) is 8.16. The van der Waals surface area contributed by atoms with Crippen LogP contribution in [0.4, 0.5) is 0 Å². The van der Waals surface area contributed by atoms with Crippen molar-refractivity contribution >= 4 is 5.91 Å². The monoisotopic (exact) mass is 234 g/mol. The van der Waals surface area contributed by atoms with E-state index in [9.17, 15) is 4.79 Å². The number of amides is 1. The molecule has 2 N–H and O–H groups in total. The second kappa shape index (κ2) is 3.84. The van der Waals surface area contributed by atoms with Gasteiger partial charge in [-0.25, -0.2) is 4.98 Å². The predicted molar refractivity (Wildman–Crippen MR) is 63.3 cm³/mol. The largest absolute Gasteiger partial charge is 0.335 e. The summed E-state index contributed by atoms with van der Waals surface area (Å²) in [6, 6.07) is 0.254. The van der Waals surface area contributed by atoms with Crippen molar-refractivity contribution < 1.29 is 4.79 Å². The summed E-state index contributed by atoms with van der Waals surface area (Å²) in [5, 5.41) is 0. The fraction of sp³-hybridized carbons (Fsp3) is 0.667. The lowest BCUT2D eigenvalue weighted by atomic mass is 10.1. The molecule has 0 aromatic carbocycles. The average molecular weight is 234 g/mol. The Kier molecular flexibility index (Phi) is 2.43. The normalized spacial score (nSPS) is 21.2. The maximum absolute atomic E-state index is 11.8. The van der Waals surface area contributed by atoms with E-state index in [0.29, 0.717) is 12.6 Å². The van der Waals surface area contributed by atoms with Crippen LogP contribution < -0.4 is 5.73 Å². The summed E-state index contributed by atoms with van der Waals surface area (Å²) in [6.45, 7) is 3.13. The van der Waals surface area contributed by atoms with Gasteiger partial charge in [0, 0.05) is 24.7 Å². The molecule has 0 saturated heterocycles. The zero-order valence-corrected chi connectivity index (χ0v) is 10.1. The minimum Gasteiger partial charge on any atom is -0.335 e. The molecule has 0 spiro atoms. The van der Waals surface area contributed by atoms with Gasteiger partial charge < -0.3 is 15.2 Å². The Labute approximate surface area is 101 Å². The number of aromatic nitrogens is 2. The number of nitrogens with zero attached hydrogens (tertiary/aromatic N) is 3. The van der Waals surface area contributed by atoms with Crippen LogP contribution in [-0.4, -0.2) is 32.9 Å². The van der Waals surface area contributed by atoms with Crippen LogP contribution >= 0.6 is 0 Å². The van der Waals surface area contributed by atoms with E-state index in [0.717, 1.165) is 18.7 Å². The molecule has 3 rings (SSSR count). The molecule has 2 aliphatic rings. The molecule has 5 nitrogen and oxygen atoms in total. The molecule has 92 valence electrons. The molecule has 0 radical (unpaired) electrons. The Balaban J connectivity index is 1.79. The lowest BCUT2D eigenvalue weighted by Gasteiger charge is -2.28. The smallest absolute Gasteiger partial charge is 0.239 e. The van der Waals surface area contributed by atoms with Crippen molar-refractivity contribution in [3.8, 4) is 0 Å². The third-order valence-electron chi connectivity index (χ3n) is 3.58. The number of carbonyl (C=O) groups excluding carboxylic acids is 1. The summed E-state index contributed by atoms with van der Waals surface area (Å²) in [5.41, 5.74) is 8.01. The highest BCUT2D eigenvalue weighted by Crippen LogP contribution is 2.37. The van der Waals surface area contributed by atoms with Crippen molar-refractivity contribution in [2.45, 2.75) is 44.8 Å². The number of nitrogens with two attached hydrogens (primary N) is 1. The van der Waals surface area contributed by atoms with Gasteiger partial charge in [-0.1, -0.05) is 0 Å². The molecule has 5 heteroatoms. The molecule has 1 aromatic heterocycles. The van der Waals surface area contributed by atoms with Crippen molar-refractivity contribution in [3.05, 3.63) is 17.7 Å². The maximum Gasteiger partial charge on any atom is 0.239 e.